The van der Waals surface area contributed by atoms with Crippen LogP contribution < -0.4 is 4.90 Å². The SMILES string of the molecule is CC1CCN(c2ccc(C(C)(F)F)cn2)CC1. The Balaban J connectivity index is 2.08. The summed E-state index contributed by atoms with van der Waals surface area (Å²) in [4.78, 5) is 6.30. The van der Waals surface area contributed by atoms with E-state index >= 15 is 0 Å². The van der Waals surface area contributed by atoms with Crippen molar-refractivity contribution in [1.29, 1.82) is 0 Å². The summed E-state index contributed by atoms with van der Waals surface area (Å²) in [5.41, 5.74) is -0.0216. The van der Waals surface area contributed by atoms with Gasteiger partial charge in [-0.1, -0.05) is 6.92 Å². The smallest absolute Gasteiger partial charge is 0.272 e. The minimum absolute atomic E-state index is 0.0216. The molecule has 0 aliphatic carbocycles. The Kier molecular flexibility index (Phi) is 3.31. The van der Waals surface area contributed by atoms with Gasteiger partial charge in [0, 0.05) is 31.8 Å². The van der Waals surface area contributed by atoms with Gasteiger partial charge in [-0.05, 0) is 30.9 Å². The van der Waals surface area contributed by atoms with Crippen molar-refractivity contribution >= 4 is 5.82 Å². The molecule has 0 spiro atoms. The predicted molar refractivity (Wildman–Crippen MR) is 64.4 cm³/mol. The summed E-state index contributed by atoms with van der Waals surface area (Å²) in [5, 5.41) is 0. The highest BCUT2D eigenvalue weighted by molar-refractivity contribution is 5.40. The van der Waals surface area contributed by atoms with E-state index in [-0.39, 0.29) is 5.56 Å². The lowest BCUT2D eigenvalue weighted by Crippen LogP contribution is -2.33. The molecule has 17 heavy (non-hydrogen) atoms. The van der Waals surface area contributed by atoms with Crippen LogP contribution in [0.5, 0.6) is 0 Å². The van der Waals surface area contributed by atoms with Crippen LogP contribution in [0.25, 0.3) is 0 Å². The molecular weight excluding hydrogens is 222 g/mol. The Bertz CT molecular complexity index is 362. The van der Waals surface area contributed by atoms with Crippen LogP contribution in [0.1, 0.15) is 32.3 Å². The first-order chi connectivity index (χ1) is 7.97. The lowest BCUT2D eigenvalue weighted by atomic mass is 9.99. The van der Waals surface area contributed by atoms with E-state index in [1.54, 1.807) is 6.07 Å². The molecule has 0 atom stereocenters. The monoisotopic (exact) mass is 240 g/mol. The molecule has 0 N–H and O–H groups in total. The number of hydrogen-bond donors (Lipinski definition) is 0. The quantitative estimate of drug-likeness (QED) is 0.787. The number of rotatable bonds is 2. The molecular formula is C13H18F2N2. The number of piperidine rings is 1. The Morgan fingerprint density at radius 1 is 1.29 bits per heavy atom. The molecule has 0 bridgehead atoms. The summed E-state index contributed by atoms with van der Waals surface area (Å²) < 4.78 is 26.1. The van der Waals surface area contributed by atoms with Crippen LogP contribution in [0.3, 0.4) is 0 Å². The standard InChI is InChI=1S/C13H18F2N2/c1-10-5-7-17(8-6-10)12-4-3-11(9-16-12)13(2,14)15/h3-4,9-10H,5-8H2,1-2H3. The molecule has 2 rings (SSSR count). The van der Waals surface area contributed by atoms with Crippen molar-refractivity contribution < 1.29 is 8.78 Å². The van der Waals surface area contributed by atoms with Gasteiger partial charge in [-0.3, -0.25) is 0 Å². The fourth-order valence-electron chi connectivity index (χ4n) is 2.07. The summed E-state index contributed by atoms with van der Waals surface area (Å²) in [6.07, 6.45) is 3.58. The van der Waals surface area contributed by atoms with Crippen molar-refractivity contribution in [3.63, 3.8) is 0 Å². The van der Waals surface area contributed by atoms with Gasteiger partial charge in [-0.2, -0.15) is 0 Å². The molecule has 2 heterocycles. The molecule has 1 aliphatic rings. The van der Waals surface area contributed by atoms with E-state index in [0.717, 1.165) is 44.6 Å². The predicted octanol–water partition coefficient (Wildman–Crippen LogP) is 3.43. The van der Waals surface area contributed by atoms with Crippen LogP contribution >= 0.6 is 0 Å². The molecule has 2 nitrogen and oxygen atoms in total. The number of nitrogens with zero attached hydrogens (tertiary/aromatic N) is 2. The van der Waals surface area contributed by atoms with Crippen LogP contribution in [0, 0.1) is 5.92 Å². The van der Waals surface area contributed by atoms with Gasteiger partial charge >= 0.3 is 0 Å². The fourth-order valence-corrected chi connectivity index (χ4v) is 2.07. The second-order valence-corrected chi connectivity index (χ2v) is 4.96. The third-order valence-corrected chi connectivity index (χ3v) is 3.36. The van der Waals surface area contributed by atoms with Crippen LogP contribution in [-0.2, 0) is 5.92 Å². The van der Waals surface area contributed by atoms with Crippen LogP contribution in [0.15, 0.2) is 18.3 Å². The van der Waals surface area contributed by atoms with Gasteiger partial charge in [0.25, 0.3) is 5.92 Å². The van der Waals surface area contributed by atoms with Crippen LogP contribution in [0.2, 0.25) is 0 Å². The van der Waals surface area contributed by atoms with Gasteiger partial charge < -0.3 is 4.90 Å². The largest absolute Gasteiger partial charge is 0.357 e. The maximum Gasteiger partial charge on any atom is 0.272 e. The normalized spacial score (nSPS) is 18.5. The van der Waals surface area contributed by atoms with Crippen molar-refractivity contribution in [3.05, 3.63) is 23.9 Å². The summed E-state index contributed by atoms with van der Waals surface area (Å²) in [6, 6.07) is 3.17. The molecule has 1 aromatic heterocycles. The molecule has 0 aromatic carbocycles. The highest BCUT2D eigenvalue weighted by Gasteiger charge is 2.25. The average Bonchev–Trinajstić information content (AvgIpc) is 2.29. The molecule has 0 unspecified atom stereocenters. The number of hydrogen-bond acceptors (Lipinski definition) is 2. The lowest BCUT2D eigenvalue weighted by molar-refractivity contribution is 0.0171. The van der Waals surface area contributed by atoms with E-state index in [2.05, 4.69) is 16.8 Å². The van der Waals surface area contributed by atoms with Crippen molar-refractivity contribution in [1.82, 2.24) is 4.98 Å². The van der Waals surface area contributed by atoms with E-state index in [9.17, 15) is 8.78 Å². The average molecular weight is 240 g/mol. The lowest BCUT2D eigenvalue weighted by Gasteiger charge is -2.31. The first-order valence-electron chi connectivity index (χ1n) is 6.06. The number of pyridine rings is 1. The van der Waals surface area contributed by atoms with Gasteiger partial charge in [0.2, 0.25) is 0 Å². The zero-order valence-corrected chi connectivity index (χ0v) is 10.3. The molecule has 0 saturated carbocycles. The van der Waals surface area contributed by atoms with E-state index in [0.29, 0.717) is 0 Å². The Hall–Kier alpha value is -1.19. The molecule has 0 radical (unpaired) electrons. The van der Waals surface area contributed by atoms with Gasteiger partial charge in [0.05, 0.1) is 0 Å². The second-order valence-electron chi connectivity index (χ2n) is 4.96. The van der Waals surface area contributed by atoms with Crippen molar-refractivity contribution in [3.8, 4) is 0 Å². The maximum absolute atomic E-state index is 13.0. The highest BCUT2D eigenvalue weighted by atomic mass is 19.3. The van der Waals surface area contributed by atoms with Crippen molar-refractivity contribution in [2.75, 3.05) is 18.0 Å². The molecule has 1 aromatic rings. The maximum atomic E-state index is 13.0. The number of halogens is 2. The number of aromatic nitrogens is 1. The topological polar surface area (TPSA) is 16.1 Å². The first-order valence-corrected chi connectivity index (χ1v) is 6.06. The highest BCUT2D eigenvalue weighted by Crippen LogP contribution is 2.28. The van der Waals surface area contributed by atoms with Gasteiger partial charge in [0.1, 0.15) is 5.82 Å². The Morgan fingerprint density at radius 2 is 1.94 bits per heavy atom. The number of alkyl halides is 2. The summed E-state index contributed by atoms with van der Waals surface area (Å²) in [7, 11) is 0. The molecule has 0 amide bonds. The Morgan fingerprint density at radius 3 is 2.41 bits per heavy atom. The number of anilines is 1. The van der Waals surface area contributed by atoms with Crippen LogP contribution in [-0.4, -0.2) is 18.1 Å². The molecule has 4 heteroatoms. The zero-order valence-electron chi connectivity index (χ0n) is 10.3. The van der Waals surface area contributed by atoms with Crippen molar-refractivity contribution in [2.24, 2.45) is 5.92 Å². The van der Waals surface area contributed by atoms with Crippen LogP contribution in [0.4, 0.5) is 14.6 Å². The van der Waals surface area contributed by atoms with Gasteiger partial charge in [-0.25, -0.2) is 13.8 Å². The minimum atomic E-state index is -2.80. The van der Waals surface area contributed by atoms with Gasteiger partial charge in [-0.15, -0.1) is 0 Å². The molecule has 1 aliphatic heterocycles. The van der Waals surface area contributed by atoms with Gasteiger partial charge in [0.15, 0.2) is 0 Å². The van der Waals surface area contributed by atoms with Crippen molar-refractivity contribution in [2.45, 2.75) is 32.6 Å². The van der Waals surface area contributed by atoms with E-state index < -0.39 is 5.92 Å². The van der Waals surface area contributed by atoms with E-state index in [4.69, 9.17) is 0 Å². The molecule has 94 valence electrons. The molecule has 1 fully saturated rings. The summed E-state index contributed by atoms with van der Waals surface area (Å²) in [5.74, 6) is -1.24. The second kappa shape index (κ2) is 4.59. The minimum Gasteiger partial charge on any atom is -0.357 e. The zero-order chi connectivity index (χ0) is 12.5. The van der Waals surface area contributed by atoms with E-state index in [1.165, 1.54) is 12.3 Å². The third-order valence-electron chi connectivity index (χ3n) is 3.36. The molecule has 1 saturated heterocycles. The summed E-state index contributed by atoms with van der Waals surface area (Å²) >= 11 is 0. The van der Waals surface area contributed by atoms with E-state index in [1.807, 2.05) is 0 Å². The summed E-state index contributed by atoms with van der Waals surface area (Å²) in [6.45, 7) is 5.07. The third kappa shape index (κ3) is 2.93. The fraction of sp³-hybridized carbons (Fsp3) is 0.615. The first kappa shape index (κ1) is 12.3. The Labute approximate surface area is 101 Å².